The molecule has 0 aromatic carbocycles. The quantitative estimate of drug-likeness (QED) is 0.755. The molecule has 0 radical (unpaired) electrons. The molecule has 0 spiro atoms. The van der Waals surface area contributed by atoms with Gasteiger partial charge >= 0.3 is 5.69 Å². The molecule has 2 aromatic heterocycles. The predicted molar refractivity (Wildman–Crippen MR) is 84.6 cm³/mol. The van der Waals surface area contributed by atoms with Gasteiger partial charge in [0.25, 0.3) is 0 Å². The number of aryl methyl sites for hydroxylation is 1. The van der Waals surface area contributed by atoms with Gasteiger partial charge < -0.3 is 10.6 Å². The molecule has 22 heavy (non-hydrogen) atoms. The Morgan fingerprint density at radius 1 is 1.41 bits per heavy atom. The molecule has 4 N–H and O–H groups in total. The summed E-state index contributed by atoms with van der Waals surface area (Å²) in [6.07, 6.45) is 7.29. The van der Waals surface area contributed by atoms with Gasteiger partial charge in [-0.05, 0) is 30.9 Å². The topological polar surface area (TPSA) is 104 Å². The van der Waals surface area contributed by atoms with Crippen LogP contribution in [0.1, 0.15) is 24.0 Å². The van der Waals surface area contributed by atoms with Crippen molar-refractivity contribution in [3.8, 4) is 11.5 Å². The summed E-state index contributed by atoms with van der Waals surface area (Å²) in [5.41, 5.74) is 8.83. The lowest BCUT2D eigenvalue weighted by Gasteiger charge is -2.23. The number of nitrogens with zero attached hydrogens (tertiary/aromatic N) is 3. The van der Waals surface area contributed by atoms with Crippen molar-refractivity contribution in [1.29, 1.82) is 0 Å². The fraction of sp³-hybridized carbons (Fsp3) is 0.400. The molecular weight excluding hydrogens is 280 g/mol. The van der Waals surface area contributed by atoms with E-state index in [1.165, 1.54) is 11.1 Å². The number of allylic oxidation sites excluding steroid dienone is 1. The second kappa shape index (κ2) is 5.10. The van der Waals surface area contributed by atoms with Crippen molar-refractivity contribution in [2.75, 3.05) is 18.0 Å². The van der Waals surface area contributed by atoms with Gasteiger partial charge in [-0.1, -0.05) is 12.2 Å². The first-order valence-corrected chi connectivity index (χ1v) is 7.57. The second-order valence-electron chi connectivity index (χ2n) is 5.87. The third kappa shape index (κ3) is 2.23. The lowest BCUT2D eigenvalue weighted by molar-refractivity contribution is 0.751. The molecule has 0 saturated carbocycles. The Labute approximate surface area is 127 Å². The van der Waals surface area contributed by atoms with E-state index in [4.69, 9.17) is 10.7 Å². The van der Waals surface area contributed by atoms with Crippen LogP contribution in [0, 0.1) is 0 Å². The number of hydrogen-bond acceptors (Lipinski definition) is 5. The molecule has 2 aliphatic rings. The van der Waals surface area contributed by atoms with Crippen molar-refractivity contribution in [3.05, 3.63) is 33.8 Å². The van der Waals surface area contributed by atoms with Gasteiger partial charge in [0.05, 0.1) is 0 Å². The van der Waals surface area contributed by atoms with E-state index in [0.29, 0.717) is 11.5 Å². The average Bonchev–Trinajstić information content (AvgIpc) is 3.15. The Morgan fingerprint density at radius 2 is 2.32 bits per heavy atom. The summed E-state index contributed by atoms with van der Waals surface area (Å²) in [5, 5.41) is 6.40. The second-order valence-corrected chi connectivity index (χ2v) is 5.87. The fourth-order valence-electron chi connectivity index (χ4n) is 3.15. The number of nitrogens with two attached hydrogens (primary N) is 1. The Bertz CT molecular complexity index is 790. The lowest BCUT2D eigenvalue weighted by Crippen LogP contribution is -2.28. The molecule has 1 aliphatic heterocycles. The summed E-state index contributed by atoms with van der Waals surface area (Å²) in [6.45, 7) is 1.73. The number of rotatable bonds is 2. The molecular formula is C15H18N6O. The van der Waals surface area contributed by atoms with Crippen LogP contribution < -0.4 is 16.3 Å². The molecule has 4 rings (SSSR count). The van der Waals surface area contributed by atoms with Crippen LogP contribution in [0.5, 0.6) is 0 Å². The van der Waals surface area contributed by atoms with Crippen LogP contribution in [0.25, 0.3) is 17.6 Å². The molecule has 1 unspecified atom stereocenters. The van der Waals surface area contributed by atoms with Gasteiger partial charge in [0, 0.05) is 24.7 Å². The first-order chi connectivity index (χ1) is 10.7. The molecule has 3 heterocycles. The van der Waals surface area contributed by atoms with Gasteiger partial charge in [-0.15, -0.1) is 0 Å². The summed E-state index contributed by atoms with van der Waals surface area (Å²) in [4.78, 5) is 21.0. The number of aromatic amines is 2. The number of aromatic nitrogens is 4. The van der Waals surface area contributed by atoms with Gasteiger partial charge in [0.15, 0.2) is 5.82 Å². The number of hydrogen-bond donors (Lipinski definition) is 3. The number of fused-ring (bicyclic) bond motifs is 1. The van der Waals surface area contributed by atoms with Gasteiger partial charge in [-0.3, -0.25) is 4.98 Å². The SMILES string of the molecule is NC1CCN(c2nc(-c3n[nH]c(=O)[nH]3)cc3c2C=CCC3)C1. The van der Waals surface area contributed by atoms with Crippen LogP contribution in [0.3, 0.4) is 0 Å². The maximum atomic E-state index is 11.3. The van der Waals surface area contributed by atoms with Crippen molar-refractivity contribution >= 4 is 11.9 Å². The first kappa shape index (κ1) is 13.3. The molecule has 1 aliphatic carbocycles. The highest BCUT2D eigenvalue weighted by molar-refractivity contribution is 5.72. The first-order valence-electron chi connectivity index (χ1n) is 7.57. The van der Waals surface area contributed by atoms with Crippen LogP contribution in [-0.4, -0.2) is 39.3 Å². The summed E-state index contributed by atoms with van der Waals surface area (Å²) < 4.78 is 0. The lowest BCUT2D eigenvalue weighted by atomic mass is 9.97. The zero-order chi connectivity index (χ0) is 15.1. The van der Waals surface area contributed by atoms with Crippen LogP contribution >= 0.6 is 0 Å². The highest BCUT2D eigenvalue weighted by Crippen LogP contribution is 2.32. The minimum Gasteiger partial charge on any atom is -0.354 e. The summed E-state index contributed by atoms with van der Waals surface area (Å²) in [5.74, 6) is 1.42. The van der Waals surface area contributed by atoms with Crippen molar-refractivity contribution < 1.29 is 0 Å². The molecule has 7 heteroatoms. The van der Waals surface area contributed by atoms with E-state index in [2.05, 4.69) is 32.2 Å². The summed E-state index contributed by atoms with van der Waals surface area (Å²) >= 11 is 0. The monoisotopic (exact) mass is 298 g/mol. The molecule has 2 aromatic rings. The highest BCUT2D eigenvalue weighted by Gasteiger charge is 2.25. The maximum Gasteiger partial charge on any atom is 0.340 e. The largest absolute Gasteiger partial charge is 0.354 e. The van der Waals surface area contributed by atoms with Crippen LogP contribution in [0.15, 0.2) is 16.9 Å². The van der Waals surface area contributed by atoms with Gasteiger partial charge in [0.1, 0.15) is 11.5 Å². The van der Waals surface area contributed by atoms with E-state index in [1.807, 2.05) is 6.07 Å². The molecule has 1 saturated heterocycles. The smallest absolute Gasteiger partial charge is 0.340 e. The van der Waals surface area contributed by atoms with E-state index >= 15 is 0 Å². The van der Waals surface area contributed by atoms with Crippen molar-refractivity contribution in [1.82, 2.24) is 20.2 Å². The Kier molecular flexibility index (Phi) is 3.07. The zero-order valence-corrected chi connectivity index (χ0v) is 12.2. The number of H-pyrrole nitrogens is 2. The highest BCUT2D eigenvalue weighted by atomic mass is 16.1. The van der Waals surface area contributed by atoms with E-state index in [9.17, 15) is 4.79 Å². The number of nitrogens with one attached hydrogen (secondary N) is 2. The summed E-state index contributed by atoms with van der Waals surface area (Å²) in [6, 6.07) is 2.21. The Morgan fingerprint density at radius 3 is 3.05 bits per heavy atom. The molecule has 1 atom stereocenters. The van der Waals surface area contributed by atoms with Crippen LogP contribution in [0.4, 0.5) is 5.82 Å². The third-order valence-corrected chi connectivity index (χ3v) is 4.26. The molecule has 7 nitrogen and oxygen atoms in total. The molecule has 0 bridgehead atoms. The predicted octanol–water partition coefficient (Wildman–Crippen LogP) is 0.657. The van der Waals surface area contributed by atoms with Gasteiger partial charge in [0.2, 0.25) is 0 Å². The average molecular weight is 298 g/mol. The van der Waals surface area contributed by atoms with Crippen molar-refractivity contribution in [3.63, 3.8) is 0 Å². The van der Waals surface area contributed by atoms with E-state index in [1.54, 1.807) is 0 Å². The zero-order valence-electron chi connectivity index (χ0n) is 12.2. The van der Waals surface area contributed by atoms with Crippen LogP contribution in [-0.2, 0) is 6.42 Å². The Hall–Kier alpha value is -2.41. The third-order valence-electron chi connectivity index (χ3n) is 4.26. The van der Waals surface area contributed by atoms with E-state index < -0.39 is 0 Å². The van der Waals surface area contributed by atoms with Crippen molar-refractivity contribution in [2.45, 2.75) is 25.3 Å². The van der Waals surface area contributed by atoms with Gasteiger partial charge in [-0.2, -0.15) is 5.10 Å². The van der Waals surface area contributed by atoms with Crippen molar-refractivity contribution in [2.24, 2.45) is 5.73 Å². The van der Waals surface area contributed by atoms with Gasteiger partial charge in [-0.25, -0.2) is 14.9 Å². The normalized spacial score (nSPS) is 20.4. The number of anilines is 1. The number of pyridine rings is 1. The molecule has 114 valence electrons. The van der Waals surface area contributed by atoms with E-state index in [0.717, 1.165) is 38.2 Å². The van der Waals surface area contributed by atoms with E-state index in [-0.39, 0.29) is 11.7 Å². The minimum absolute atomic E-state index is 0.193. The fourth-order valence-corrected chi connectivity index (χ4v) is 3.15. The minimum atomic E-state index is -0.320. The van der Waals surface area contributed by atoms with Crippen LogP contribution in [0.2, 0.25) is 0 Å². The summed E-state index contributed by atoms with van der Waals surface area (Å²) in [7, 11) is 0. The Balaban J connectivity index is 1.85. The molecule has 0 amide bonds. The standard InChI is InChI=1S/C15H18N6O/c16-10-5-6-21(8-10)14-11-4-2-1-3-9(11)7-12(17-14)13-18-15(22)20-19-13/h2,4,7,10H,1,3,5-6,8,16H2,(H2,18,19,20,22). The molecule has 1 fully saturated rings. The maximum absolute atomic E-state index is 11.3.